The van der Waals surface area contributed by atoms with Crippen LogP contribution in [0.3, 0.4) is 0 Å². The summed E-state index contributed by atoms with van der Waals surface area (Å²) in [7, 11) is 0. The van der Waals surface area contributed by atoms with Crippen LogP contribution < -0.4 is 5.73 Å². The van der Waals surface area contributed by atoms with Crippen LogP contribution in [-0.4, -0.2) is 29.6 Å². The van der Waals surface area contributed by atoms with E-state index in [2.05, 4.69) is 4.90 Å². The number of β-amino-alcohol motifs (C(OH)–C–C–N with tert-alkyl or cyclic N) is 1. The number of hydrogen-bond acceptors (Lipinski definition) is 3. The van der Waals surface area contributed by atoms with Crippen LogP contribution >= 0.6 is 0 Å². The van der Waals surface area contributed by atoms with Crippen LogP contribution in [0.25, 0.3) is 0 Å². The number of para-hydroxylation sites is 1. The molecule has 0 aromatic heterocycles. The number of nitrogens with zero attached hydrogens (tertiary/aromatic N) is 1. The fraction of sp³-hybridized carbons (Fsp3) is 0.600. The Morgan fingerprint density at radius 1 is 1.06 bits per heavy atom. The topological polar surface area (TPSA) is 49.5 Å². The molecule has 0 amide bonds. The van der Waals surface area contributed by atoms with Gasteiger partial charge in [-0.1, -0.05) is 37.5 Å². The third kappa shape index (κ3) is 3.72. The highest BCUT2D eigenvalue weighted by Gasteiger charge is 2.16. The maximum atomic E-state index is 10.3. The molecular weight excluding hydrogens is 224 g/mol. The van der Waals surface area contributed by atoms with Crippen LogP contribution in [0.4, 0.5) is 5.69 Å². The molecule has 1 saturated heterocycles. The van der Waals surface area contributed by atoms with Gasteiger partial charge in [-0.25, -0.2) is 0 Å². The van der Waals surface area contributed by atoms with E-state index in [0.717, 1.165) is 18.7 Å². The van der Waals surface area contributed by atoms with Gasteiger partial charge < -0.3 is 15.7 Å². The molecule has 1 heterocycles. The molecule has 1 aromatic rings. The molecule has 3 nitrogen and oxygen atoms in total. The van der Waals surface area contributed by atoms with Gasteiger partial charge in [0.25, 0.3) is 0 Å². The van der Waals surface area contributed by atoms with E-state index in [1.807, 2.05) is 24.3 Å². The molecule has 0 bridgehead atoms. The summed E-state index contributed by atoms with van der Waals surface area (Å²) in [5.74, 6) is 0. The number of anilines is 1. The van der Waals surface area contributed by atoms with E-state index in [1.165, 1.54) is 32.1 Å². The van der Waals surface area contributed by atoms with Crippen molar-refractivity contribution < 1.29 is 5.11 Å². The average Bonchev–Trinajstić information content (AvgIpc) is 2.33. The molecule has 100 valence electrons. The Morgan fingerprint density at radius 2 is 1.67 bits per heavy atom. The summed E-state index contributed by atoms with van der Waals surface area (Å²) in [6, 6.07) is 7.61. The van der Waals surface area contributed by atoms with Crippen LogP contribution in [0.15, 0.2) is 24.3 Å². The van der Waals surface area contributed by atoms with Gasteiger partial charge in [0.1, 0.15) is 0 Å². The van der Waals surface area contributed by atoms with Crippen LogP contribution in [-0.2, 0) is 0 Å². The van der Waals surface area contributed by atoms with Gasteiger partial charge >= 0.3 is 0 Å². The van der Waals surface area contributed by atoms with Crippen molar-refractivity contribution in [2.45, 2.75) is 38.2 Å². The summed E-state index contributed by atoms with van der Waals surface area (Å²) in [5.41, 5.74) is 7.46. The lowest BCUT2D eigenvalue weighted by molar-refractivity contribution is 0.108. The average molecular weight is 248 g/mol. The zero-order chi connectivity index (χ0) is 12.8. The Hall–Kier alpha value is -1.06. The Balaban J connectivity index is 1.93. The van der Waals surface area contributed by atoms with Gasteiger partial charge in [0.15, 0.2) is 0 Å². The SMILES string of the molecule is Nc1ccccc1C(O)CN1CCCCCCC1. The summed E-state index contributed by atoms with van der Waals surface area (Å²) in [4.78, 5) is 2.37. The number of hydrogen-bond donors (Lipinski definition) is 2. The van der Waals surface area contributed by atoms with Crippen LogP contribution in [0.2, 0.25) is 0 Å². The fourth-order valence-corrected chi connectivity index (χ4v) is 2.65. The lowest BCUT2D eigenvalue weighted by atomic mass is 10.0. The highest BCUT2D eigenvalue weighted by Crippen LogP contribution is 2.21. The largest absolute Gasteiger partial charge is 0.398 e. The van der Waals surface area contributed by atoms with Crippen molar-refractivity contribution in [1.29, 1.82) is 0 Å². The highest BCUT2D eigenvalue weighted by atomic mass is 16.3. The second-order valence-electron chi connectivity index (χ2n) is 5.21. The van der Waals surface area contributed by atoms with E-state index in [1.54, 1.807) is 0 Å². The van der Waals surface area contributed by atoms with Crippen LogP contribution in [0, 0.1) is 0 Å². The number of benzene rings is 1. The molecule has 18 heavy (non-hydrogen) atoms. The first-order chi connectivity index (χ1) is 8.77. The van der Waals surface area contributed by atoms with Crippen molar-refractivity contribution >= 4 is 5.69 Å². The maximum Gasteiger partial charge on any atom is 0.0936 e. The van der Waals surface area contributed by atoms with Gasteiger partial charge in [-0.05, 0) is 32.0 Å². The normalized spacial score (nSPS) is 20.1. The number of aliphatic hydroxyl groups excluding tert-OH is 1. The highest BCUT2D eigenvalue weighted by molar-refractivity contribution is 5.47. The van der Waals surface area contributed by atoms with Gasteiger partial charge in [0.05, 0.1) is 6.10 Å². The second-order valence-corrected chi connectivity index (χ2v) is 5.21. The maximum absolute atomic E-state index is 10.3. The molecule has 1 aliphatic rings. The molecule has 1 atom stereocenters. The van der Waals surface area contributed by atoms with Gasteiger partial charge in [-0.15, -0.1) is 0 Å². The monoisotopic (exact) mass is 248 g/mol. The molecule has 0 aliphatic carbocycles. The van der Waals surface area contributed by atoms with Crippen LogP contribution in [0.1, 0.15) is 43.8 Å². The minimum Gasteiger partial charge on any atom is -0.398 e. The Labute approximate surface area is 110 Å². The molecule has 2 rings (SSSR count). The van der Waals surface area contributed by atoms with Crippen LogP contribution in [0.5, 0.6) is 0 Å². The minimum absolute atomic E-state index is 0.467. The summed E-state index contributed by atoms with van der Waals surface area (Å²) in [5, 5.41) is 10.3. The fourth-order valence-electron chi connectivity index (χ4n) is 2.65. The molecule has 3 N–H and O–H groups in total. The third-order valence-electron chi connectivity index (χ3n) is 3.73. The van der Waals surface area contributed by atoms with Crippen molar-refractivity contribution in [3.8, 4) is 0 Å². The molecule has 1 unspecified atom stereocenters. The molecular formula is C15H24N2O. The molecule has 0 radical (unpaired) electrons. The van der Waals surface area contributed by atoms with E-state index in [0.29, 0.717) is 12.2 Å². The smallest absolute Gasteiger partial charge is 0.0936 e. The van der Waals surface area contributed by atoms with Gasteiger partial charge in [0, 0.05) is 17.8 Å². The van der Waals surface area contributed by atoms with Crippen molar-refractivity contribution in [3.63, 3.8) is 0 Å². The molecule has 1 aliphatic heterocycles. The number of rotatable bonds is 3. The molecule has 1 fully saturated rings. The van der Waals surface area contributed by atoms with E-state index < -0.39 is 6.10 Å². The molecule has 1 aromatic carbocycles. The summed E-state index contributed by atoms with van der Waals surface area (Å²) >= 11 is 0. The molecule has 0 saturated carbocycles. The van der Waals surface area contributed by atoms with Crippen molar-refractivity contribution in [1.82, 2.24) is 4.90 Å². The third-order valence-corrected chi connectivity index (χ3v) is 3.73. The lowest BCUT2D eigenvalue weighted by Crippen LogP contribution is -2.31. The van der Waals surface area contributed by atoms with Gasteiger partial charge in [0.2, 0.25) is 0 Å². The zero-order valence-corrected chi connectivity index (χ0v) is 11.0. The number of likely N-dealkylation sites (tertiary alicyclic amines) is 1. The van der Waals surface area contributed by atoms with E-state index in [4.69, 9.17) is 5.73 Å². The lowest BCUT2D eigenvalue weighted by Gasteiger charge is -2.27. The quantitative estimate of drug-likeness (QED) is 0.808. The molecule has 0 spiro atoms. The summed E-state index contributed by atoms with van der Waals surface area (Å²) in [6.45, 7) is 2.90. The predicted octanol–water partition coefficient (Wildman–Crippen LogP) is 2.57. The molecule has 3 heteroatoms. The Morgan fingerprint density at radius 3 is 2.33 bits per heavy atom. The summed E-state index contributed by atoms with van der Waals surface area (Å²) in [6.07, 6.45) is 6.03. The first-order valence-electron chi connectivity index (χ1n) is 7.02. The van der Waals surface area contributed by atoms with Gasteiger partial charge in [-0.3, -0.25) is 0 Å². The number of nitrogens with two attached hydrogens (primary N) is 1. The first kappa shape index (κ1) is 13.4. The van der Waals surface area contributed by atoms with Crippen molar-refractivity contribution in [2.75, 3.05) is 25.4 Å². The zero-order valence-electron chi connectivity index (χ0n) is 11.0. The number of nitrogen functional groups attached to an aromatic ring is 1. The standard InChI is InChI=1S/C15H24N2O/c16-14-9-5-4-8-13(14)15(18)12-17-10-6-2-1-3-7-11-17/h4-5,8-9,15,18H,1-3,6-7,10-12,16H2. The van der Waals surface area contributed by atoms with E-state index in [9.17, 15) is 5.11 Å². The Kier molecular flexibility index (Phi) is 5.02. The van der Waals surface area contributed by atoms with E-state index in [-0.39, 0.29) is 0 Å². The van der Waals surface area contributed by atoms with Gasteiger partial charge in [-0.2, -0.15) is 0 Å². The Bertz CT molecular complexity index is 359. The van der Waals surface area contributed by atoms with Crippen molar-refractivity contribution in [3.05, 3.63) is 29.8 Å². The predicted molar refractivity (Wildman–Crippen MR) is 75.3 cm³/mol. The summed E-state index contributed by atoms with van der Waals surface area (Å²) < 4.78 is 0. The van der Waals surface area contributed by atoms with E-state index >= 15 is 0 Å². The second kappa shape index (κ2) is 6.76. The van der Waals surface area contributed by atoms with Crippen molar-refractivity contribution in [2.24, 2.45) is 0 Å². The number of aliphatic hydroxyl groups is 1. The first-order valence-corrected chi connectivity index (χ1v) is 7.02. The minimum atomic E-state index is -0.467.